The molecule has 0 bridgehead atoms. The van der Waals surface area contributed by atoms with E-state index in [4.69, 9.17) is 5.26 Å². The minimum absolute atomic E-state index is 0.0211. The van der Waals surface area contributed by atoms with Crippen LogP contribution in [0.1, 0.15) is 46.0 Å². The first-order valence-electron chi connectivity index (χ1n) is 7.01. The Morgan fingerprint density at radius 2 is 2.22 bits per heavy atom. The molecule has 1 heterocycles. The van der Waals surface area contributed by atoms with Gasteiger partial charge in [-0.2, -0.15) is 5.26 Å². The highest BCUT2D eigenvalue weighted by molar-refractivity contribution is 5.78. The van der Waals surface area contributed by atoms with E-state index in [-0.39, 0.29) is 12.5 Å². The first kappa shape index (κ1) is 15.0. The van der Waals surface area contributed by atoms with Crippen LogP contribution < -0.4 is 5.32 Å². The molecule has 1 rings (SSSR count). The van der Waals surface area contributed by atoms with Crippen LogP contribution in [-0.2, 0) is 4.79 Å². The number of hydrogen-bond acceptors (Lipinski definition) is 3. The maximum atomic E-state index is 11.7. The van der Waals surface area contributed by atoms with Gasteiger partial charge >= 0.3 is 0 Å². The van der Waals surface area contributed by atoms with Gasteiger partial charge in [0.05, 0.1) is 12.6 Å². The molecule has 0 aromatic heterocycles. The number of likely N-dealkylation sites (tertiary alicyclic amines) is 1. The predicted octanol–water partition coefficient (Wildman–Crippen LogP) is 1.92. The Balaban J connectivity index is 2.51. The third kappa shape index (κ3) is 5.50. The summed E-state index contributed by atoms with van der Waals surface area (Å²) in [6.07, 6.45) is 6.08. The number of carbonyl (C=O) groups is 1. The van der Waals surface area contributed by atoms with Gasteiger partial charge in [-0.25, -0.2) is 0 Å². The molecule has 1 amide bonds. The quantitative estimate of drug-likeness (QED) is 0.759. The van der Waals surface area contributed by atoms with Crippen LogP contribution in [0.2, 0.25) is 0 Å². The number of nitrogens with zero attached hydrogens (tertiary/aromatic N) is 2. The summed E-state index contributed by atoms with van der Waals surface area (Å²) in [6.45, 7) is 6.04. The summed E-state index contributed by atoms with van der Waals surface area (Å²) in [4.78, 5) is 14.0. The summed E-state index contributed by atoms with van der Waals surface area (Å²) in [6, 6.07) is 2.47. The molecule has 1 fully saturated rings. The minimum Gasteiger partial charge on any atom is -0.342 e. The van der Waals surface area contributed by atoms with E-state index in [1.807, 2.05) is 6.07 Å². The summed E-state index contributed by atoms with van der Waals surface area (Å²) < 4.78 is 0. The number of nitriles is 1. The van der Waals surface area contributed by atoms with E-state index in [2.05, 4.69) is 24.1 Å². The van der Waals surface area contributed by atoms with Gasteiger partial charge in [0.2, 0.25) is 5.91 Å². The Hall–Kier alpha value is -1.08. The summed E-state index contributed by atoms with van der Waals surface area (Å²) in [5, 5.41) is 11.1. The lowest BCUT2D eigenvalue weighted by molar-refractivity contribution is -0.122. The normalized spacial score (nSPS) is 21.3. The Morgan fingerprint density at radius 1 is 1.44 bits per heavy atom. The van der Waals surface area contributed by atoms with E-state index in [0.29, 0.717) is 18.5 Å². The van der Waals surface area contributed by atoms with E-state index in [0.717, 1.165) is 13.0 Å². The van der Waals surface area contributed by atoms with Gasteiger partial charge in [0, 0.05) is 6.04 Å². The van der Waals surface area contributed by atoms with Crippen LogP contribution in [0.3, 0.4) is 0 Å². The van der Waals surface area contributed by atoms with E-state index >= 15 is 0 Å². The van der Waals surface area contributed by atoms with Crippen LogP contribution >= 0.6 is 0 Å². The van der Waals surface area contributed by atoms with E-state index in [9.17, 15) is 4.79 Å². The molecular formula is C14H25N3O. The number of rotatable bonds is 5. The van der Waals surface area contributed by atoms with Crippen LogP contribution in [0.25, 0.3) is 0 Å². The zero-order chi connectivity index (χ0) is 13.4. The zero-order valence-electron chi connectivity index (χ0n) is 11.6. The van der Waals surface area contributed by atoms with Gasteiger partial charge in [0.15, 0.2) is 0 Å². The van der Waals surface area contributed by atoms with Crippen molar-refractivity contribution < 1.29 is 4.79 Å². The number of nitrogens with one attached hydrogen (secondary N) is 1. The predicted molar refractivity (Wildman–Crippen MR) is 71.9 cm³/mol. The summed E-state index contributed by atoms with van der Waals surface area (Å²) >= 11 is 0. The molecule has 0 saturated carbocycles. The fourth-order valence-corrected chi connectivity index (χ4v) is 2.63. The van der Waals surface area contributed by atoms with Crippen LogP contribution in [-0.4, -0.2) is 36.5 Å². The lowest BCUT2D eigenvalue weighted by atomic mass is 9.99. The summed E-state index contributed by atoms with van der Waals surface area (Å²) in [5.41, 5.74) is 0. The molecule has 1 saturated heterocycles. The third-order valence-electron chi connectivity index (χ3n) is 3.45. The highest BCUT2D eigenvalue weighted by Gasteiger charge is 2.23. The zero-order valence-corrected chi connectivity index (χ0v) is 11.6. The standard InChI is InChI=1S/C14H25N3O/c1-12(2)10-13-6-4-3-5-9-17(13)11-14(18)16-8-7-15/h12-13H,3-6,8-11H2,1-2H3,(H,16,18)/t13-/m1/s1. The molecule has 102 valence electrons. The molecule has 0 unspecified atom stereocenters. The second-order valence-electron chi connectivity index (χ2n) is 5.54. The molecule has 4 nitrogen and oxygen atoms in total. The van der Waals surface area contributed by atoms with Gasteiger partial charge in [0.25, 0.3) is 0 Å². The molecule has 0 spiro atoms. The van der Waals surface area contributed by atoms with Crippen molar-refractivity contribution in [3.63, 3.8) is 0 Å². The van der Waals surface area contributed by atoms with Crippen molar-refractivity contribution in [2.24, 2.45) is 5.92 Å². The molecule has 0 radical (unpaired) electrons. The molecular weight excluding hydrogens is 226 g/mol. The van der Waals surface area contributed by atoms with Gasteiger partial charge in [-0.1, -0.05) is 26.7 Å². The molecule has 4 heteroatoms. The maximum Gasteiger partial charge on any atom is 0.235 e. The molecule has 1 N–H and O–H groups in total. The van der Waals surface area contributed by atoms with Crippen molar-refractivity contribution in [3.05, 3.63) is 0 Å². The molecule has 1 atom stereocenters. The van der Waals surface area contributed by atoms with Crippen molar-refractivity contribution in [1.29, 1.82) is 5.26 Å². The van der Waals surface area contributed by atoms with Gasteiger partial charge < -0.3 is 5.32 Å². The number of amides is 1. The second kappa shape index (κ2) is 8.10. The average molecular weight is 251 g/mol. The number of carbonyl (C=O) groups excluding carboxylic acids is 1. The van der Waals surface area contributed by atoms with Crippen LogP contribution in [0.5, 0.6) is 0 Å². The Morgan fingerprint density at radius 3 is 2.89 bits per heavy atom. The highest BCUT2D eigenvalue weighted by atomic mass is 16.2. The Bertz CT molecular complexity index is 296. The number of hydrogen-bond donors (Lipinski definition) is 1. The van der Waals surface area contributed by atoms with Gasteiger partial charge in [0.1, 0.15) is 6.54 Å². The maximum absolute atomic E-state index is 11.7. The van der Waals surface area contributed by atoms with Gasteiger partial charge in [-0.05, 0) is 31.7 Å². The largest absolute Gasteiger partial charge is 0.342 e. The fraction of sp³-hybridized carbons (Fsp3) is 0.857. The smallest absolute Gasteiger partial charge is 0.235 e. The van der Waals surface area contributed by atoms with E-state index < -0.39 is 0 Å². The molecule has 0 aromatic rings. The van der Waals surface area contributed by atoms with Crippen molar-refractivity contribution >= 4 is 5.91 Å². The van der Waals surface area contributed by atoms with Crippen LogP contribution in [0, 0.1) is 17.2 Å². The first-order chi connectivity index (χ1) is 8.63. The van der Waals surface area contributed by atoms with Crippen LogP contribution in [0.15, 0.2) is 0 Å². The average Bonchev–Trinajstić information content (AvgIpc) is 2.52. The Labute approximate surface area is 110 Å². The van der Waals surface area contributed by atoms with Crippen molar-refractivity contribution in [2.75, 3.05) is 19.6 Å². The fourth-order valence-electron chi connectivity index (χ4n) is 2.63. The highest BCUT2D eigenvalue weighted by Crippen LogP contribution is 2.21. The van der Waals surface area contributed by atoms with E-state index in [1.54, 1.807) is 0 Å². The second-order valence-corrected chi connectivity index (χ2v) is 5.54. The monoisotopic (exact) mass is 251 g/mol. The topological polar surface area (TPSA) is 56.1 Å². The van der Waals surface area contributed by atoms with Gasteiger partial charge in [-0.3, -0.25) is 9.69 Å². The van der Waals surface area contributed by atoms with Crippen molar-refractivity contribution in [3.8, 4) is 6.07 Å². The molecule has 0 aromatic carbocycles. The molecule has 18 heavy (non-hydrogen) atoms. The van der Waals surface area contributed by atoms with Crippen LogP contribution in [0.4, 0.5) is 0 Å². The van der Waals surface area contributed by atoms with Crippen molar-refractivity contribution in [2.45, 2.75) is 52.0 Å². The first-order valence-corrected chi connectivity index (χ1v) is 7.01. The summed E-state index contributed by atoms with van der Waals surface area (Å²) in [5.74, 6) is 0.643. The molecule has 1 aliphatic heterocycles. The molecule has 0 aliphatic carbocycles. The van der Waals surface area contributed by atoms with Crippen molar-refractivity contribution in [1.82, 2.24) is 10.2 Å². The SMILES string of the molecule is CC(C)C[C@H]1CCCCCN1CC(=O)NCC#N. The molecule has 1 aliphatic rings. The minimum atomic E-state index is -0.0211. The summed E-state index contributed by atoms with van der Waals surface area (Å²) in [7, 11) is 0. The third-order valence-corrected chi connectivity index (χ3v) is 3.45. The lowest BCUT2D eigenvalue weighted by Crippen LogP contribution is -2.43. The van der Waals surface area contributed by atoms with Gasteiger partial charge in [-0.15, -0.1) is 0 Å². The lowest BCUT2D eigenvalue weighted by Gasteiger charge is -2.30. The Kier molecular flexibility index (Phi) is 6.74. The van der Waals surface area contributed by atoms with E-state index in [1.165, 1.54) is 25.7 Å².